The summed E-state index contributed by atoms with van der Waals surface area (Å²) in [5.41, 5.74) is 3.43. The van der Waals surface area contributed by atoms with E-state index in [1.807, 2.05) is 18.2 Å². The highest BCUT2D eigenvalue weighted by atomic mass is 127. The summed E-state index contributed by atoms with van der Waals surface area (Å²) in [4.78, 5) is 19.0. The van der Waals surface area contributed by atoms with Crippen LogP contribution in [-0.2, 0) is 4.79 Å². The molecular weight excluding hydrogens is 501 g/mol. The number of hydrogen-bond acceptors (Lipinski definition) is 3. The highest BCUT2D eigenvalue weighted by Gasteiger charge is 2.26. The first kappa shape index (κ1) is 23.5. The summed E-state index contributed by atoms with van der Waals surface area (Å²) in [6, 6.07) is 19.1. The molecule has 7 heteroatoms. The summed E-state index contributed by atoms with van der Waals surface area (Å²) >= 11 is 0. The number of para-hydroxylation sites is 1. The predicted molar refractivity (Wildman–Crippen MR) is 137 cm³/mol. The zero-order chi connectivity index (χ0) is 20.8. The molecule has 0 saturated carbocycles. The van der Waals surface area contributed by atoms with Gasteiger partial charge in [-0.2, -0.15) is 0 Å². The topological polar surface area (TPSA) is 68.8 Å². The van der Waals surface area contributed by atoms with Crippen molar-refractivity contribution in [1.82, 2.24) is 15.5 Å². The predicted octanol–water partition coefficient (Wildman–Crippen LogP) is 3.73. The van der Waals surface area contributed by atoms with Crippen molar-refractivity contribution in [3.63, 3.8) is 0 Å². The van der Waals surface area contributed by atoms with Crippen molar-refractivity contribution in [1.29, 1.82) is 0 Å². The SMILES string of the molecule is CN=C(NCC1CC(=O)Nc2ccccc21)NCC(c1ccccc1)N1CCCC1.I. The molecule has 6 nitrogen and oxygen atoms in total. The van der Waals surface area contributed by atoms with Crippen molar-refractivity contribution in [3.05, 3.63) is 65.7 Å². The molecule has 4 rings (SSSR count). The Bertz CT molecular complexity index is 883. The molecule has 0 aromatic heterocycles. The molecule has 1 fully saturated rings. The Kier molecular flexibility index (Phi) is 8.71. The molecule has 31 heavy (non-hydrogen) atoms. The van der Waals surface area contributed by atoms with Crippen LogP contribution in [0.2, 0.25) is 0 Å². The highest BCUT2D eigenvalue weighted by molar-refractivity contribution is 14.0. The van der Waals surface area contributed by atoms with Gasteiger partial charge in [0.25, 0.3) is 0 Å². The van der Waals surface area contributed by atoms with Gasteiger partial charge in [-0.1, -0.05) is 48.5 Å². The van der Waals surface area contributed by atoms with E-state index >= 15 is 0 Å². The number of rotatable bonds is 6. The monoisotopic (exact) mass is 533 g/mol. The molecule has 0 spiro atoms. The van der Waals surface area contributed by atoms with Crippen LogP contribution < -0.4 is 16.0 Å². The molecule has 0 radical (unpaired) electrons. The molecule has 1 amide bonds. The zero-order valence-corrected chi connectivity index (χ0v) is 20.3. The van der Waals surface area contributed by atoms with Crippen molar-refractivity contribution in [2.24, 2.45) is 4.99 Å². The van der Waals surface area contributed by atoms with Crippen LogP contribution in [-0.4, -0.2) is 50.0 Å². The Balaban J connectivity index is 0.00000272. The van der Waals surface area contributed by atoms with Gasteiger partial charge in [-0.3, -0.25) is 14.7 Å². The Morgan fingerprint density at radius 3 is 2.55 bits per heavy atom. The van der Waals surface area contributed by atoms with Crippen LogP contribution in [0.15, 0.2) is 59.6 Å². The second kappa shape index (κ2) is 11.5. The third kappa shape index (κ3) is 5.98. The van der Waals surface area contributed by atoms with Crippen LogP contribution >= 0.6 is 24.0 Å². The van der Waals surface area contributed by atoms with Crippen molar-refractivity contribution < 1.29 is 4.79 Å². The lowest BCUT2D eigenvalue weighted by atomic mass is 9.90. The van der Waals surface area contributed by atoms with Crippen molar-refractivity contribution in [3.8, 4) is 0 Å². The van der Waals surface area contributed by atoms with Gasteiger partial charge in [-0.05, 0) is 43.1 Å². The quantitative estimate of drug-likeness (QED) is 0.301. The van der Waals surface area contributed by atoms with E-state index in [-0.39, 0.29) is 35.8 Å². The van der Waals surface area contributed by atoms with E-state index in [0.717, 1.165) is 31.3 Å². The Morgan fingerprint density at radius 1 is 1.10 bits per heavy atom. The molecule has 2 aromatic carbocycles. The molecular formula is C24H32IN5O. The fourth-order valence-electron chi connectivity index (χ4n) is 4.50. The van der Waals surface area contributed by atoms with Crippen LogP contribution in [0.5, 0.6) is 0 Å². The molecule has 2 aliphatic heterocycles. The number of fused-ring (bicyclic) bond motifs is 1. The minimum atomic E-state index is 0. The van der Waals surface area contributed by atoms with Crippen molar-refractivity contribution >= 4 is 41.5 Å². The van der Waals surface area contributed by atoms with Gasteiger partial charge in [0.05, 0.1) is 6.04 Å². The van der Waals surface area contributed by atoms with Crippen LogP contribution in [0.25, 0.3) is 0 Å². The molecule has 2 unspecified atom stereocenters. The van der Waals surface area contributed by atoms with Crippen LogP contribution in [0.1, 0.15) is 42.3 Å². The normalized spacial score (nSPS) is 19.7. The lowest BCUT2D eigenvalue weighted by molar-refractivity contribution is -0.116. The number of hydrogen-bond donors (Lipinski definition) is 3. The molecule has 2 aromatic rings. The number of amides is 1. The van der Waals surface area contributed by atoms with Gasteiger partial charge in [0.15, 0.2) is 5.96 Å². The largest absolute Gasteiger partial charge is 0.356 e. The molecule has 0 aliphatic carbocycles. The fourth-order valence-corrected chi connectivity index (χ4v) is 4.50. The lowest BCUT2D eigenvalue weighted by Crippen LogP contribution is -2.44. The molecule has 2 atom stereocenters. The van der Waals surface area contributed by atoms with Gasteiger partial charge in [0.1, 0.15) is 0 Å². The number of aliphatic imine (C=N–C) groups is 1. The Hall–Kier alpha value is -2.13. The summed E-state index contributed by atoms with van der Waals surface area (Å²) in [5, 5.41) is 9.92. The van der Waals surface area contributed by atoms with E-state index in [4.69, 9.17) is 0 Å². The smallest absolute Gasteiger partial charge is 0.225 e. The first-order valence-corrected chi connectivity index (χ1v) is 10.9. The van der Waals surface area contributed by atoms with E-state index in [0.29, 0.717) is 19.0 Å². The van der Waals surface area contributed by atoms with Crippen LogP contribution in [0.3, 0.4) is 0 Å². The third-order valence-corrected chi connectivity index (χ3v) is 6.07. The summed E-state index contributed by atoms with van der Waals surface area (Å²) in [6.45, 7) is 3.75. The van der Waals surface area contributed by atoms with Gasteiger partial charge in [0.2, 0.25) is 5.91 Å². The van der Waals surface area contributed by atoms with Crippen molar-refractivity contribution in [2.45, 2.75) is 31.2 Å². The summed E-state index contributed by atoms with van der Waals surface area (Å²) in [5.74, 6) is 0.984. The van der Waals surface area contributed by atoms with E-state index in [9.17, 15) is 4.79 Å². The number of guanidine groups is 1. The Labute approximate surface area is 201 Å². The third-order valence-electron chi connectivity index (χ3n) is 6.07. The average Bonchev–Trinajstić information content (AvgIpc) is 3.31. The maximum Gasteiger partial charge on any atom is 0.225 e. The average molecular weight is 533 g/mol. The highest BCUT2D eigenvalue weighted by Crippen LogP contribution is 2.31. The minimum absolute atomic E-state index is 0. The number of halogens is 1. The zero-order valence-electron chi connectivity index (χ0n) is 18.0. The number of nitrogens with one attached hydrogen (secondary N) is 3. The van der Waals surface area contributed by atoms with Gasteiger partial charge < -0.3 is 16.0 Å². The number of carbonyl (C=O) groups excluding carboxylic acids is 1. The first-order valence-electron chi connectivity index (χ1n) is 10.9. The van der Waals surface area contributed by atoms with Crippen LogP contribution in [0, 0.1) is 0 Å². The van der Waals surface area contributed by atoms with E-state index in [1.54, 1.807) is 7.05 Å². The standard InChI is InChI=1S/C24H31N5O.HI/c1-25-24(26-16-19-15-23(30)28-21-12-6-5-11-20(19)21)27-17-22(29-13-7-8-14-29)18-9-3-2-4-10-18;/h2-6,9-12,19,22H,7-8,13-17H2,1H3,(H,28,30)(H2,25,26,27);1H. The molecule has 3 N–H and O–H groups in total. The summed E-state index contributed by atoms with van der Waals surface area (Å²) in [6.07, 6.45) is 3.01. The maximum absolute atomic E-state index is 12.1. The molecule has 166 valence electrons. The van der Waals surface area contributed by atoms with Gasteiger partial charge >= 0.3 is 0 Å². The van der Waals surface area contributed by atoms with Crippen molar-refractivity contribution in [2.75, 3.05) is 38.5 Å². The van der Waals surface area contributed by atoms with Gasteiger partial charge in [0, 0.05) is 38.2 Å². The summed E-state index contributed by atoms with van der Waals surface area (Å²) in [7, 11) is 1.80. The molecule has 0 bridgehead atoms. The van der Waals surface area contributed by atoms with E-state index < -0.39 is 0 Å². The number of likely N-dealkylation sites (tertiary alicyclic amines) is 1. The molecule has 2 heterocycles. The maximum atomic E-state index is 12.1. The molecule has 1 saturated heterocycles. The fraction of sp³-hybridized carbons (Fsp3) is 0.417. The Morgan fingerprint density at radius 2 is 1.81 bits per heavy atom. The number of anilines is 1. The minimum Gasteiger partial charge on any atom is -0.356 e. The second-order valence-electron chi connectivity index (χ2n) is 8.04. The first-order chi connectivity index (χ1) is 14.7. The number of carbonyl (C=O) groups is 1. The van der Waals surface area contributed by atoms with Gasteiger partial charge in [-0.25, -0.2) is 0 Å². The lowest BCUT2D eigenvalue weighted by Gasteiger charge is -2.29. The number of nitrogens with zero attached hydrogens (tertiary/aromatic N) is 2. The summed E-state index contributed by atoms with van der Waals surface area (Å²) < 4.78 is 0. The second-order valence-corrected chi connectivity index (χ2v) is 8.04. The number of benzene rings is 2. The molecule has 2 aliphatic rings. The van der Waals surface area contributed by atoms with E-state index in [2.05, 4.69) is 62.2 Å². The van der Waals surface area contributed by atoms with Crippen LogP contribution in [0.4, 0.5) is 5.69 Å². The van der Waals surface area contributed by atoms with Gasteiger partial charge in [-0.15, -0.1) is 24.0 Å². The van der Waals surface area contributed by atoms with E-state index in [1.165, 1.54) is 24.0 Å².